The predicted octanol–water partition coefficient (Wildman–Crippen LogP) is 5.74. The van der Waals surface area contributed by atoms with E-state index in [4.69, 9.17) is 4.74 Å². The highest BCUT2D eigenvalue weighted by Crippen LogP contribution is 2.31. The number of nitrogens with one attached hydrogen (secondary N) is 1. The third kappa shape index (κ3) is 6.00. The van der Waals surface area contributed by atoms with Crippen LogP contribution in [0.15, 0.2) is 77.4 Å². The van der Waals surface area contributed by atoms with Gasteiger partial charge in [-0.3, -0.25) is 14.5 Å². The number of nitrogens with zero attached hydrogens (tertiary/aromatic N) is 2. The van der Waals surface area contributed by atoms with E-state index in [-0.39, 0.29) is 17.6 Å². The van der Waals surface area contributed by atoms with E-state index in [2.05, 4.69) is 16.4 Å². The number of aliphatic imine (C=N–C) groups is 1. The summed E-state index contributed by atoms with van der Waals surface area (Å²) in [5.41, 5.74) is 5.78. The number of carbonyl (C=O) groups excluding carboxylic acids is 2. The van der Waals surface area contributed by atoms with Crippen LogP contribution in [0, 0.1) is 20.8 Å². The first-order valence-electron chi connectivity index (χ1n) is 11.2. The van der Waals surface area contributed by atoms with E-state index < -0.39 is 0 Å². The van der Waals surface area contributed by atoms with Crippen LogP contribution in [0.3, 0.4) is 0 Å². The fourth-order valence-electron chi connectivity index (χ4n) is 3.81. The summed E-state index contributed by atoms with van der Waals surface area (Å²) >= 11 is 1.24. The Labute approximate surface area is 209 Å². The fourth-order valence-corrected chi connectivity index (χ4v) is 4.62. The molecule has 1 aliphatic heterocycles. The molecule has 0 aliphatic carbocycles. The molecule has 2 amide bonds. The second-order valence-corrected chi connectivity index (χ2v) is 9.33. The molecule has 0 saturated carbocycles. The van der Waals surface area contributed by atoms with Crippen LogP contribution in [0.25, 0.3) is 6.08 Å². The molecule has 35 heavy (non-hydrogen) atoms. The lowest BCUT2D eigenvalue weighted by atomic mass is 10.1. The number of hydrogen-bond acceptors (Lipinski definition) is 5. The van der Waals surface area contributed by atoms with Crippen LogP contribution in [0.4, 0.5) is 11.4 Å². The highest BCUT2D eigenvalue weighted by atomic mass is 32.2. The van der Waals surface area contributed by atoms with Crippen LogP contribution in [0.5, 0.6) is 5.75 Å². The molecule has 1 N–H and O–H groups in total. The predicted molar refractivity (Wildman–Crippen MR) is 144 cm³/mol. The molecule has 0 aromatic heterocycles. The standard InChI is InChI=1S/C28H27N3O3S/c1-18-6-5-7-22(13-18)29-26(32)17-35-28-30-25(16-21-8-10-24(34-4)11-9-21)27(33)31(28)23-14-19(2)12-20(3)15-23/h5-16H,17H2,1-4H3,(H,29,32)/b25-16-. The lowest BCUT2D eigenvalue weighted by molar-refractivity contribution is -0.114. The monoisotopic (exact) mass is 485 g/mol. The van der Waals surface area contributed by atoms with Crippen LogP contribution < -0.4 is 15.0 Å². The Morgan fingerprint density at radius 1 is 1.00 bits per heavy atom. The molecule has 6 nitrogen and oxygen atoms in total. The van der Waals surface area contributed by atoms with Crippen molar-refractivity contribution in [3.8, 4) is 5.75 Å². The smallest absolute Gasteiger partial charge is 0.283 e. The van der Waals surface area contributed by atoms with Gasteiger partial charge in [0.15, 0.2) is 5.17 Å². The third-order valence-electron chi connectivity index (χ3n) is 5.35. The maximum atomic E-state index is 13.4. The van der Waals surface area contributed by atoms with Crippen LogP contribution in [0.1, 0.15) is 22.3 Å². The molecule has 3 aromatic rings. The summed E-state index contributed by atoms with van der Waals surface area (Å²) in [4.78, 5) is 32.3. The van der Waals surface area contributed by atoms with E-state index in [9.17, 15) is 9.59 Å². The normalized spacial score (nSPS) is 14.3. The van der Waals surface area contributed by atoms with Gasteiger partial charge < -0.3 is 10.1 Å². The SMILES string of the molecule is COc1ccc(/C=C2\N=C(SCC(=O)Nc3cccc(C)c3)N(c3cc(C)cc(C)c3)C2=O)cc1. The van der Waals surface area contributed by atoms with E-state index in [1.54, 1.807) is 18.1 Å². The van der Waals surface area contributed by atoms with Crippen molar-refractivity contribution in [2.24, 2.45) is 4.99 Å². The lowest BCUT2D eigenvalue weighted by Crippen LogP contribution is -2.31. The molecule has 178 valence electrons. The van der Waals surface area contributed by atoms with Crippen LogP contribution >= 0.6 is 11.8 Å². The molecule has 1 aliphatic rings. The number of ether oxygens (including phenoxy) is 1. The largest absolute Gasteiger partial charge is 0.497 e. The molecule has 0 bridgehead atoms. The van der Waals surface area contributed by atoms with Crippen molar-refractivity contribution in [1.82, 2.24) is 0 Å². The van der Waals surface area contributed by atoms with Crippen LogP contribution in [-0.4, -0.2) is 29.8 Å². The molecule has 3 aromatic carbocycles. The van der Waals surface area contributed by atoms with E-state index in [0.717, 1.165) is 39.4 Å². The molecular formula is C28H27N3O3S. The minimum absolute atomic E-state index is 0.122. The molecule has 7 heteroatoms. The maximum absolute atomic E-state index is 13.4. The van der Waals surface area contributed by atoms with Crippen molar-refractivity contribution >= 4 is 46.2 Å². The highest BCUT2D eigenvalue weighted by molar-refractivity contribution is 8.14. The summed E-state index contributed by atoms with van der Waals surface area (Å²) in [6.07, 6.45) is 1.75. The Balaban J connectivity index is 1.60. The van der Waals surface area contributed by atoms with Gasteiger partial charge in [0.05, 0.1) is 18.6 Å². The number of hydrogen-bond donors (Lipinski definition) is 1. The number of anilines is 2. The number of carbonyl (C=O) groups is 2. The van der Waals surface area contributed by atoms with Gasteiger partial charge in [0.25, 0.3) is 5.91 Å². The zero-order chi connectivity index (χ0) is 24.9. The number of methoxy groups -OCH3 is 1. The number of amides is 2. The fraction of sp³-hybridized carbons (Fsp3) is 0.179. The van der Waals surface area contributed by atoms with Crippen molar-refractivity contribution in [2.45, 2.75) is 20.8 Å². The van der Waals surface area contributed by atoms with Crippen molar-refractivity contribution in [1.29, 1.82) is 0 Å². The number of benzene rings is 3. The highest BCUT2D eigenvalue weighted by Gasteiger charge is 2.32. The molecule has 1 heterocycles. The maximum Gasteiger partial charge on any atom is 0.283 e. The first-order chi connectivity index (χ1) is 16.8. The van der Waals surface area contributed by atoms with Gasteiger partial charge in [0, 0.05) is 5.69 Å². The van der Waals surface area contributed by atoms with Gasteiger partial charge in [-0.25, -0.2) is 4.99 Å². The molecule has 0 spiro atoms. The third-order valence-corrected chi connectivity index (χ3v) is 6.29. The van der Waals surface area contributed by atoms with Gasteiger partial charge in [-0.05, 0) is 85.5 Å². The number of aryl methyl sites for hydroxylation is 3. The first kappa shape index (κ1) is 24.3. The van der Waals surface area contributed by atoms with E-state index in [1.807, 2.05) is 81.4 Å². The number of rotatable bonds is 6. The number of thioether (sulfide) groups is 1. The minimum Gasteiger partial charge on any atom is -0.497 e. The molecule has 0 atom stereocenters. The second kappa shape index (κ2) is 10.6. The Kier molecular flexibility index (Phi) is 7.36. The van der Waals surface area contributed by atoms with Gasteiger partial charge in [-0.1, -0.05) is 42.1 Å². The van der Waals surface area contributed by atoms with Crippen LogP contribution in [0.2, 0.25) is 0 Å². The molecule has 4 rings (SSSR count). The average Bonchev–Trinajstić information content (AvgIpc) is 3.12. The lowest BCUT2D eigenvalue weighted by Gasteiger charge is -2.19. The quantitative estimate of drug-likeness (QED) is 0.452. The van der Waals surface area contributed by atoms with E-state index in [1.165, 1.54) is 11.8 Å². The van der Waals surface area contributed by atoms with Crippen molar-refractivity contribution in [2.75, 3.05) is 23.1 Å². The van der Waals surface area contributed by atoms with Crippen molar-refractivity contribution < 1.29 is 14.3 Å². The second-order valence-electron chi connectivity index (χ2n) is 8.39. The Bertz CT molecular complexity index is 1310. The van der Waals surface area contributed by atoms with Gasteiger partial charge in [0.1, 0.15) is 11.4 Å². The Morgan fingerprint density at radius 2 is 1.71 bits per heavy atom. The van der Waals surface area contributed by atoms with Crippen molar-refractivity contribution in [3.63, 3.8) is 0 Å². The minimum atomic E-state index is -0.229. The topological polar surface area (TPSA) is 71.0 Å². The van der Waals surface area contributed by atoms with Gasteiger partial charge in [-0.15, -0.1) is 0 Å². The first-order valence-corrected chi connectivity index (χ1v) is 12.2. The average molecular weight is 486 g/mol. The summed E-state index contributed by atoms with van der Waals surface area (Å²) < 4.78 is 5.21. The molecule has 0 fully saturated rings. The summed E-state index contributed by atoms with van der Waals surface area (Å²) in [7, 11) is 1.61. The summed E-state index contributed by atoms with van der Waals surface area (Å²) in [6, 6.07) is 21.0. The number of amidine groups is 1. The van der Waals surface area contributed by atoms with Gasteiger partial charge in [-0.2, -0.15) is 0 Å². The van der Waals surface area contributed by atoms with Crippen molar-refractivity contribution in [3.05, 3.63) is 94.7 Å². The van der Waals surface area contributed by atoms with Gasteiger partial charge in [0.2, 0.25) is 5.91 Å². The van der Waals surface area contributed by atoms with E-state index in [0.29, 0.717) is 10.9 Å². The molecule has 0 unspecified atom stereocenters. The molecule has 0 saturated heterocycles. The summed E-state index contributed by atoms with van der Waals surface area (Å²) in [6.45, 7) is 5.95. The van der Waals surface area contributed by atoms with Crippen LogP contribution in [-0.2, 0) is 9.59 Å². The Hall–Kier alpha value is -3.84. The molecular weight excluding hydrogens is 458 g/mol. The van der Waals surface area contributed by atoms with E-state index >= 15 is 0 Å². The summed E-state index contributed by atoms with van der Waals surface area (Å²) in [5, 5.41) is 3.38. The van der Waals surface area contributed by atoms with Gasteiger partial charge >= 0.3 is 0 Å². The summed E-state index contributed by atoms with van der Waals surface area (Å²) in [5.74, 6) is 0.467. The Morgan fingerprint density at radius 3 is 2.37 bits per heavy atom. The zero-order valence-electron chi connectivity index (χ0n) is 20.2. The zero-order valence-corrected chi connectivity index (χ0v) is 21.0. The molecule has 0 radical (unpaired) electrons.